The fraction of sp³-hybridized carbons (Fsp3) is 0.444. The molecule has 78 valence electrons. The molecule has 0 atom stereocenters. The molecule has 5 heteroatoms. The van der Waals surface area contributed by atoms with Crippen molar-refractivity contribution in [2.24, 2.45) is 5.73 Å². The molecule has 14 heavy (non-hydrogen) atoms. The van der Waals surface area contributed by atoms with E-state index in [0.29, 0.717) is 6.61 Å². The molecule has 0 radical (unpaired) electrons. The first-order valence-electron chi connectivity index (χ1n) is 4.37. The van der Waals surface area contributed by atoms with Gasteiger partial charge in [-0.2, -0.15) is 11.3 Å². The number of thiophene rings is 1. The third-order valence-electron chi connectivity index (χ3n) is 1.58. The number of primary amides is 1. The van der Waals surface area contributed by atoms with E-state index in [0.717, 1.165) is 13.1 Å². The highest BCUT2D eigenvalue weighted by Crippen LogP contribution is 2.04. The van der Waals surface area contributed by atoms with Gasteiger partial charge in [0.1, 0.15) is 6.61 Å². The zero-order valence-corrected chi connectivity index (χ0v) is 8.68. The molecule has 1 amide bonds. The second-order valence-corrected chi connectivity index (χ2v) is 3.61. The molecule has 0 saturated heterocycles. The number of carbonyl (C=O) groups excluding carboxylic acids is 1. The molecular weight excluding hydrogens is 200 g/mol. The Labute approximate surface area is 87.1 Å². The van der Waals surface area contributed by atoms with Crippen LogP contribution in [0, 0.1) is 0 Å². The van der Waals surface area contributed by atoms with Crippen LogP contribution in [-0.4, -0.2) is 25.7 Å². The Morgan fingerprint density at radius 2 is 2.50 bits per heavy atom. The van der Waals surface area contributed by atoms with E-state index in [1.54, 1.807) is 11.3 Å². The highest BCUT2D eigenvalue weighted by molar-refractivity contribution is 7.07. The molecule has 0 unspecified atom stereocenters. The molecular formula is C9H14N2O2S. The minimum Gasteiger partial charge on any atom is -0.370 e. The first-order chi connectivity index (χ1) is 6.79. The molecule has 0 saturated carbocycles. The summed E-state index contributed by atoms with van der Waals surface area (Å²) >= 11 is 1.68. The number of rotatable bonds is 7. The Balaban J connectivity index is 1.92. The first-order valence-corrected chi connectivity index (χ1v) is 5.31. The van der Waals surface area contributed by atoms with E-state index in [4.69, 9.17) is 10.5 Å². The fourth-order valence-electron chi connectivity index (χ4n) is 0.943. The molecule has 0 fully saturated rings. The average Bonchev–Trinajstić information content (AvgIpc) is 2.63. The van der Waals surface area contributed by atoms with Crippen molar-refractivity contribution in [2.75, 3.05) is 19.8 Å². The summed E-state index contributed by atoms with van der Waals surface area (Å²) in [5.41, 5.74) is 6.17. The fourth-order valence-corrected chi connectivity index (χ4v) is 1.61. The van der Waals surface area contributed by atoms with Crippen LogP contribution in [0.25, 0.3) is 0 Å². The number of ether oxygens (including phenoxy) is 1. The third-order valence-corrected chi connectivity index (χ3v) is 2.31. The van der Waals surface area contributed by atoms with Crippen molar-refractivity contribution in [1.82, 2.24) is 5.32 Å². The molecule has 3 N–H and O–H groups in total. The lowest BCUT2D eigenvalue weighted by atomic mass is 10.3. The molecule has 0 aromatic carbocycles. The molecule has 1 heterocycles. The van der Waals surface area contributed by atoms with Gasteiger partial charge in [-0.3, -0.25) is 4.79 Å². The maximum absolute atomic E-state index is 10.3. The van der Waals surface area contributed by atoms with E-state index in [1.807, 2.05) is 5.38 Å². The summed E-state index contributed by atoms with van der Waals surface area (Å²) in [6, 6.07) is 2.07. The summed E-state index contributed by atoms with van der Waals surface area (Å²) in [6.45, 7) is 2.07. The van der Waals surface area contributed by atoms with E-state index >= 15 is 0 Å². The van der Waals surface area contributed by atoms with Crippen LogP contribution in [0.1, 0.15) is 5.56 Å². The number of hydrogen-bond donors (Lipinski definition) is 2. The van der Waals surface area contributed by atoms with Gasteiger partial charge in [-0.1, -0.05) is 0 Å². The van der Waals surface area contributed by atoms with Crippen LogP contribution < -0.4 is 11.1 Å². The maximum atomic E-state index is 10.3. The van der Waals surface area contributed by atoms with E-state index in [-0.39, 0.29) is 6.61 Å². The Bertz CT molecular complexity index is 262. The van der Waals surface area contributed by atoms with Gasteiger partial charge >= 0.3 is 0 Å². The van der Waals surface area contributed by atoms with Crippen molar-refractivity contribution in [2.45, 2.75) is 6.54 Å². The highest BCUT2D eigenvalue weighted by Gasteiger charge is 1.94. The largest absolute Gasteiger partial charge is 0.370 e. The molecule has 4 nitrogen and oxygen atoms in total. The van der Waals surface area contributed by atoms with Crippen molar-refractivity contribution in [1.29, 1.82) is 0 Å². The smallest absolute Gasteiger partial charge is 0.243 e. The van der Waals surface area contributed by atoms with Crippen molar-refractivity contribution < 1.29 is 9.53 Å². The van der Waals surface area contributed by atoms with Crippen LogP contribution in [0.5, 0.6) is 0 Å². The summed E-state index contributed by atoms with van der Waals surface area (Å²) in [6.07, 6.45) is 0. The van der Waals surface area contributed by atoms with Crippen molar-refractivity contribution in [3.8, 4) is 0 Å². The Hall–Kier alpha value is -0.910. The zero-order valence-electron chi connectivity index (χ0n) is 7.86. The predicted octanol–water partition coefficient (Wildman–Crippen LogP) is 0.340. The Morgan fingerprint density at radius 3 is 3.14 bits per heavy atom. The Morgan fingerprint density at radius 1 is 1.64 bits per heavy atom. The average molecular weight is 214 g/mol. The molecule has 0 aliphatic carbocycles. The topological polar surface area (TPSA) is 64.4 Å². The van der Waals surface area contributed by atoms with Gasteiger partial charge in [0.05, 0.1) is 6.61 Å². The van der Waals surface area contributed by atoms with Gasteiger partial charge < -0.3 is 15.8 Å². The van der Waals surface area contributed by atoms with Crippen LogP contribution in [0.15, 0.2) is 16.8 Å². The summed E-state index contributed by atoms with van der Waals surface area (Å²) in [5.74, 6) is -0.428. The third kappa shape index (κ3) is 4.96. The Kier molecular flexibility index (Phi) is 5.21. The van der Waals surface area contributed by atoms with Gasteiger partial charge in [0.15, 0.2) is 0 Å². The number of amides is 1. The van der Waals surface area contributed by atoms with E-state index in [9.17, 15) is 4.79 Å². The second kappa shape index (κ2) is 6.53. The van der Waals surface area contributed by atoms with Crippen molar-refractivity contribution >= 4 is 17.2 Å². The van der Waals surface area contributed by atoms with Crippen molar-refractivity contribution in [3.63, 3.8) is 0 Å². The molecule has 1 aromatic heterocycles. The number of hydrogen-bond acceptors (Lipinski definition) is 4. The number of nitrogens with two attached hydrogens (primary N) is 1. The quantitative estimate of drug-likeness (QED) is 0.643. The molecule has 0 aliphatic rings. The lowest BCUT2D eigenvalue weighted by Gasteiger charge is -2.03. The highest BCUT2D eigenvalue weighted by atomic mass is 32.1. The second-order valence-electron chi connectivity index (χ2n) is 2.83. The minimum absolute atomic E-state index is 0.000130. The van der Waals surface area contributed by atoms with Gasteiger partial charge in [0, 0.05) is 13.1 Å². The van der Waals surface area contributed by atoms with Gasteiger partial charge in [-0.25, -0.2) is 0 Å². The van der Waals surface area contributed by atoms with Crippen LogP contribution >= 0.6 is 11.3 Å². The minimum atomic E-state index is -0.428. The lowest BCUT2D eigenvalue weighted by Crippen LogP contribution is -2.23. The number of carbonyl (C=O) groups is 1. The van der Waals surface area contributed by atoms with Crippen LogP contribution in [0.2, 0.25) is 0 Å². The first kappa shape index (κ1) is 11.2. The van der Waals surface area contributed by atoms with Crippen LogP contribution in [0.3, 0.4) is 0 Å². The maximum Gasteiger partial charge on any atom is 0.243 e. The standard InChI is InChI=1S/C9H14N2O2S/c10-9(12)6-13-3-2-11-5-8-1-4-14-7-8/h1,4,7,11H,2-3,5-6H2,(H2,10,12). The molecule has 1 aromatic rings. The van der Waals surface area contributed by atoms with Gasteiger partial charge in [-0.05, 0) is 22.4 Å². The lowest BCUT2D eigenvalue weighted by molar-refractivity contribution is -0.122. The summed E-state index contributed by atoms with van der Waals surface area (Å²) in [5, 5.41) is 7.33. The van der Waals surface area contributed by atoms with E-state index in [1.165, 1.54) is 5.56 Å². The molecule has 0 aliphatic heterocycles. The van der Waals surface area contributed by atoms with Gasteiger partial charge in [0.2, 0.25) is 5.91 Å². The summed E-state index contributed by atoms with van der Waals surface area (Å²) in [7, 11) is 0. The zero-order chi connectivity index (χ0) is 10.2. The van der Waals surface area contributed by atoms with Gasteiger partial charge in [-0.15, -0.1) is 0 Å². The van der Waals surface area contributed by atoms with Gasteiger partial charge in [0.25, 0.3) is 0 Å². The molecule has 0 bridgehead atoms. The SMILES string of the molecule is NC(=O)COCCNCc1ccsc1. The van der Waals surface area contributed by atoms with E-state index < -0.39 is 5.91 Å². The monoisotopic (exact) mass is 214 g/mol. The summed E-state index contributed by atoms with van der Waals surface area (Å²) in [4.78, 5) is 10.3. The number of nitrogens with one attached hydrogen (secondary N) is 1. The molecule has 0 spiro atoms. The van der Waals surface area contributed by atoms with Crippen LogP contribution in [0.4, 0.5) is 0 Å². The van der Waals surface area contributed by atoms with Crippen LogP contribution in [-0.2, 0) is 16.1 Å². The summed E-state index contributed by atoms with van der Waals surface area (Å²) < 4.78 is 4.98. The van der Waals surface area contributed by atoms with Crippen molar-refractivity contribution in [3.05, 3.63) is 22.4 Å². The predicted molar refractivity (Wildman–Crippen MR) is 56.0 cm³/mol. The normalized spacial score (nSPS) is 10.3. The van der Waals surface area contributed by atoms with E-state index in [2.05, 4.69) is 16.8 Å². The molecule has 1 rings (SSSR count).